The lowest BCUT2D eigenvalue weighted by molar-refractivity contribution is 0.137. The van der Waals surface area contributed by atoms with E-state index in [0.717, 1.165) is 5.56 Å². The van der Waals surface area contributed by atoms with E-state index in [1.807, 2.05) is 37.3 Å². The van der Waals surface area contributed by atoms with Gasteiger partial charge in [-0.25, -0.2) is 0 Å². The molecule has 0 amide bonds. The average molecular weight is 164 g/mol. The Bertz CT molecular complexity index is 258. The molecule has 1 N–H and O–H groups in total. The number of epoxide rings is 1. The van der Waals surface area contributed by atoms with Crippen LogP contribution in [0.25, 0.3) is 0 Å². The molecule has 2 rings (SSSR count). The molecule has 0 radical (unpaired) electrons. The summed E-state index contributed by atoms with van der Waals surface area (Å²) in [5.41, 5.74) is 0.937. The average Bonchev–Trinajstić information content (AvgIpc) is 2.83. The highest BCUT2D eigenvalue weighted by Gasteiger charge is 2.41. The summed E-state index contributed by atoms with van der Waals surface area (Å²) >= 11 is 0. The zero-order valence-electron chi connectivity index (χ0n) is 6.97. The van der Waals surface area contributed by atoms with Gasteiger partial charge < -0.3 is 9.84 Å². The Morgan fingerprint density at radius 2 is 1.92 bits per heavy atom. The van der Waals surface area contributed by atoms with Crippen LogP contribution in [0.15, 0.2) is 30.3 Å². The molecule has 1 heterocycles. The summed E-state index contributed by atoms with van der Waals surface area (Å²) in [6, 6.07) is 9.61. The molecule has 1 aromatic rings. The predicted octanol–water partition coefficient (Wildman–Crippen LogP) is 1.51. The maximum Gasteiger partial charge on any atom is 0.114 e. The van der Waals surface area contributed by atoms with E-state index >= 15 is 0 Å². The number of benzene rings is 1. The molecule has 2 nitrogen and oxygen atoms in total. The van der Waals surface area contributed by atoms with Gasteiger partial charge in [0, 0.05) is 0 Å². The lowest BCUT2D eigenvalue weighted by Crippen LogP contribution is -2.06. The van der Waals surface area contributed by atoms with Crippen LogP contribution in [0.2, 0.25) is 0 Å². The van der Waals surface area contributed by atoms with Crippen LogP contribution in [0.5, 0.6) is 0 Å². The van der Waals surface area contributed by atoms with Gasteiger partial charge in [0.05, 0.1) is 6.10 Å². The van der Waals surface area contributed by atoms with Crippen molar-refractivity contribution in [2.45, 2.75) is 25.2 Å². The van der Waals surface area contributed by atoms with Crippen molar-refractivity contribution in [2.24, 2.45) is 0 Å². The van der Waals surface area contributed by atoms with E-state index in [1.54, 1.807) is 0 Å². The molecule has 1 aromatic carbocycles. The van der Waals surface area contributed by atoms with Crippen LogP contribution in [-0.2, 0) is 4.74 Å². The number of rotatable bonds is 2. The van der Waals surface area contributed by atoms with Gasteiger partial charge in [0.1, 0.15) is 12.2 Å². The van der Waals surface area contributed by atoms with Crippen LogP contribution < -0.4 is 0 Å². The minimum atomic E-state index is -0.457. The maximum absolute atomic E-state index is 9.71. The van der Waals surface area contributed by atoms with Gasteiger partial charge in [0.15, 0.2) is 0 Å². The molecule has 0 saturated carbocycles. The lowest BCUT2D eigenvalue weighted by Gasteiger charge is -2.06. The minimum Gasteiger partial charge on any atom is -0.386 e. The molecule has 3 atom stereocenters. The molecule has 1 fully saturated rings. The van der Waals surface area contributed by atoms with E-state index in [9.17, 15) is 5.11 Å². The molecule has 1 saturated heterocycles. The predicted molar refractivity (Wildman–Crippen MR) is 45.7 cm³/mol. The molecule has 64 valence electrons. The summed E-state index contributed by atoms with van der Waals surface area (Å²) in [6.07, 6.45) is -0.242. The third kappa shape index (κ3) is 1.36. The van der Waals surface area contributed by atoms with Gasteiger partial charge in [-0.05, 0) is 12.5 Å². The molecule has 0 aromatic heterocycles. The first-order valence-corrected chi connectivity index (χ1v) is 4.17. The highest BCUT2D eigenvalue weighted by atomic mass is 16.6. The van der Waals surface area contributed by atoms with Gasteiger partial charge >= 0.3 is 0 Å². The Morgan fingerprint density at radius 3 is 2.42 bits per heavy atom. The lowest BCUT2D eigenvalue weighted by atomic mass is 10.1. The first-order valence-electron chi connectivity index (χ1n) is 4.17. The van der Waals surface area contributed by atoms with E-state index in [4.69, 9.17) is 4.74 Å². The minimum absolute atomic E-state index is 0.00685. The maximum atomic E-state index is 9.71. The van der Waals surface area contributed by atoms with Gasteiger partial charge in [-0.2, -0.15) is 0 Å². The van der Waals surface area contributed by atoms with Crippen molar-refractivity contribution in [1.82, 2.24) is 0 Å². The highest BCUT2D eigenvalue weighted by Crippen LogP contribution is 2.33. The van der Waals surface area contributed by atoms with E-state index in [1.165, 1.54) is 0 Å². The van der Waals surface area contributed by atoms with E-state index in [2.05, 4.69) is 0 Å². The molecule has 12 heavy (non-hydrogen) atoms. The molecule has 0 bridgehead atoms. The monoisotopic (exact) mass is 164 g/mol. The van der Waals surface area contributed by atoms with E-state index in [-0.39, 0.29) is 12.2 Å². The van der Waals surface area contributed by atoms with Crippen LogP contribution >= 0.6 is 0 Å². The third-order valence-corrected chi connectivity index (χ3v) is 2.21. The van der Waals surface area contributed by atoms with Crippen LogP contribution in [0, 0.1) is 0 Å². The van der Waals surface area contributed by atoms with Crippen molar-refractivity contribution in [3.8, 4) is 0 Å². The Morgan fingerprint density at radius 1 is 1.33 bits per heavy atom. The summed E-state index contributed by atoms with van der Waals surface area (Å²) in [5.74, 6) is 0. The largest absolute Gasteiger partial charge is 0.386 e. The number of hydrogen-bond acceptors (Lipinski definition) is 2. The van der Waals surface area contributed by atoms with Crippen LogP contribution in [0.3, 0.4) is 0 Å². The van der Waals surface area contributed by atoms with Gasteiger partial charge in [0.2, 0.25) is 0 Å². The summed E-state index contributed by atoms with van der Waals surface area (Å²) in [4.78, 5) is 0. The first kappa shape index (κ1) is 7.77. The molecular formula is C10H12O2. The Balaban J connectivity index is 2.10. The van der Waals surface area contributed by atoms with Crippen molar-refractivity contribution in [2.75, 3.05) is 0 Å². The molecule has 0 spiro atoms. The van der Waals surface area contributed by atoms with Crippen molar-refractivity contribution in [3.05, 3.63) is 35.9 Å². The van der Waals surface area contributed by atoms with Crippen LogP contribution in [0.1, 0.15) is 18.6 Å². The van der Waals surface area contributed by atoms with Gasteiger partial charge in [0.25, 0.3) is 0 Å². The Hall–Kier alpha value is -0.860. The van der Waals surface area contributed by atoms with Crippen LogP contribution in [0.4, 0.5) is 0 Å². The van der Waals surface area contributed by atoms with Crippen LogP contribution in [-0.4, -0.2) is 17.3 Å². The first-order chi connectivity index (χ1) is 5.79. The Labute approximate surface area is 71.8 Å². The molecule has 0 aliphatic carbocycles. The Kier molecular flexibility index (Phi) is 1.87. The summed E-state index contributed by atoms with van der Waals surface area (Å²) in [6.45, 7) is 1.97. The topological polar surface area (TPSA) is 32.8 Å². The molecule has 0 unspecified atom stereocenters. The van der Waals surface area contributed by atoms with Gasteiger partial charge in [-0.3, -0.25) is 0 Å². The second kappa shape index (κ2) is 2.88. The normalized spacial score (nSPS) is 29.8. The smallest absolute Gasteiger partial charge is 0.114 e. The zero-order chi connectivity index (χ0) is 8.55. The molecule has 1 aliphatic rings. The number of aliphatic hydroxyl groups excluding tert-OH is 1. The molecular weight excluding hydrogens is 152 g/mol. The fourth-order valence-electron chi connectivity index (χ4n) is 1.37. The zero-order valence-corrected chi connectivity index (χ0v) is 6.97. The van der Waals surface area contributed by atoms with Gasteiger partial charge in [-0.15, -0.1) is 0 Å². The second-order valence-corrected chi connectivity index (χ2v) is 3.16. The van der Waals surface area contributed by atoms with Gasteiger partial charge in [-0.1, -0.05) is 30.3 Å². The van der Waals surface area contributed by atoms with Crippen molar-refractivity contribution in [3.63, 3.8) is 0 Å². The fraction of sp³-hybridized carbons (Fsp3) is 0.400. The SMILES string of the molecule is C[C@@H]1O[C@H]1[C@@H](O)c1ccccc1. The summed E-state index contributed by atoms with van der Waals surface area (Å²) < 4.78 is 5.18. The number of aliphatic hydroxyl groups is 1. The standard InChI is InChI=1S/C10H12O2/c1-7-10(12-7)9(11)8-5-3-2-4-6-8/h2-7,9-11H,1H3/t7-,9-,10+/m0/s1. The quantitative estimate of drug-likeness (QED) is 0.672. The summed E-state index contributed by atoms with van der Waals surface area (Å²) in [5, 5.41) is 9.71. The second-order valence-electron chi connectivity index (χ2n) is 3.16. The molecule has 2 heteroatoms. The number of ether oxygens (including phenoxy) is 1. The van der Waals surface area contributed by atoms with E-state index < -0.39 is 6.10 Å². The number of hydrogen-bond donors (Lipinski definition) is 1. The molecule has 1 aliphatic heterocycles. The summed E-state index contributed by atoms with van der Waals surface area (Å²) in [7, 11) is 0. The highest BCUT2D eigenvalue weighted by molar-refractivity contribution is 5.20. The van der Waals surface area contributed by atoms with Crippen molar-refractivity contribution < 1.29 is 9.84 Å². The fourth-order valence-corrected chi connectivity index (χ4v) is 1.37. The third-order valence-electron chi connectivity index (χ3n) is 2.21. The van der Waals surface area contributed by atoms with Crippen molar-refractivity contribution in [1.29, 1.82) is 0 Å². The van der Waals surface area contributed by atoms with E-state index in [0.29, 0.717) is 0 Å². The van der Waals surface area contributed by atoms with Crippen molar-refractivity contribution >= 4 is 0 Å².